The minimum atomic E-state index is -1.41. The highest BCUT2D eigenvalue weighted by molar-refractivity contribution is 5.20. The van der Waals surface area contributed by atoms with Gasteiger partial charge in [-0.25, -0.2) is 13.2 Å². The van der Waals surface area contributed by atoms with E-state index in [1.165, 1.54) is 6.07 Å². The van der Waals surface area contributed by atoms with Crippen molar-refractivity contribution in [3.8, 4) is 0 Å². The van der Waals surface area contributed by atoms with Gasteiger partial charge in [-0.1, -0.05) is 6.07 Å². The lowest BCUT2D eigenvalue weighted by molar-refractivity contribution is 0.440. The van der Waals surface area contributed by atoms with Crippen LogP contribution in [0.5, 0.6) is 0 Å². The van der Waals surface area contributed by atoms with E-state index in [4.69, 9.17) is 5.73 Å². The van der Waals surface area contributed by atoms with Crippen LogP contribution in [0.2, 0.25) is 0 Å². The zero-order chi connectivity index (χ0) is 9.84. The Labute approximate surface area is 74.4 Å². The second-order valence-electron chi connectivity index (χ2n) is 2.73. The third kappa shape index (κ3) is 2.21. The summed E-state index contributed by atoms with van der Waals surface area (Å²) < 4.78 is 38.0. The largest absolute Gasteiger partial charge is 0.330 e. The summed E-state index contributed by atoms with van der Waals surface area (Å²) in [5.74, 6) is -3.67. The highest BCUT2D eigenvalue weighted by Crippen LogP contribution is 2.16. The Morgan fingerprint density at radius 3 is 2.38 bits per heavy atom. The molecule has 4 heteroatoms. The second kappa shape index (κ2) is 4.28. The molecule has 72 valence electrons. The third-order valence-corrected chi connectivity index (χ3v) is 1.77. The lowest BCUT2D eigenvalue weighted by Crippen LogP contribution is -2.03. The van der Waals surface area contributed by atoms with Crippen LogP contribution in [0.3, 0.4) is 0 Å². The smallest absolute Gasteiger partial charge is 0.194 e. The van der Waals surface area contributed by atoms with Crippen molar-refractivity contribution in [2.24, 2.45) is 5.73 Å². The Morgan fingerprint density at radius 2 is 1.77 bits per heavy atom. The van der Waals surface area contributed by atoms with Gasteiger partial charge < -0.3 is 5.73 Å². The zero-order valence-electron chi connectivity index (χ0n) is 6.99. The fourth-order valence-corrected chi connectivity index (χ4v) is 1.05. The van der Waals surface area contributed by atoms with Crippen LogP contribution in [0, 0.1) is 17.5 Å². The fourth-order valence-electron chi connectivity index (χ4n) is 1.05. The van der Waals surface area contributed by atoms with Gasteiger partial charge in [0.2, 0.25) is 0 Å². The van der Waals surface area contributed by atoms with E-state index in [1.807, 2.05) is 0 Å². The van der Waals surface area contributed by atoms with Crippen LogP contribution in [-0.4, -0.2) is 6.54 Å². The average Bonchev–Trinajstić information content (AvgIpc) is 2.13. The molecule has 1 rings (SSSR count). The van der Waals surface area contributed by atoms with Crippen LogP contribution < -0.4 is 5.73 Å². The Morgan fingerprint density at radius 1 is 1.08 bits per heavy atom. The minimum Gasteiger partial charge on any atom is -0.330 e. The first-order valence-electron chi connectivity index (χ1n) is 3.99. The molecule has 0 aliphatic carbocycles. The molecule has 0 aromatic heterocycles. The van der Waals surface area contributed by atoms with Gasteiger partial charge in [0.1, 0.15) is 0 Å². The summed E-state index contributed by atoms with van der Waals surface area (Å²) in [6.45, 7) is 0.401. The monoisotopic (exact) mass is 189 g/mol. The molecule has 1 aromatic rings. The normalized spacial score (nSPS) is 10.5. The summed E-state index contributed by atoms with van der Waals surface area (Å²) in [5, 5.41) is 0. The first-order chi connectivity index (χ1) is 6.16. The van der Waals surface area contributed by atoms with Crippen molar-refractivity contribution in [3.63, 3.8) is 0 Å². The van der Waals surface area contributed by atoms with Crippen LogP contribution in [-0.2, 0) is 6.42 Å². The van der Waals surface area contributed by atoms with E-state index in [0.29, 0.717) is 19.4 Å². The lowest BCUT2D eigenvalue weighted by Gasteiger charge is -2.02. The number of benzene rings is 1. The van der Waals surface area contributed by atoms with Crippen molar-refractivity contribution in [1.29, 1.82) is 0 Å². The molecule has 0 unspecified atom stereocenters. The van der Waals surface area contributed by atoms with Gasteiger partial charge in [-0.15, -0.1) is 0 Å². The van der Waals surface area contributed by atoms with Crippen molar-refractivity contribution in [2.75, 3.05) is 6.54 Å². The lowest BCUT2D eigenvalue weighted by atomic mass is 10.1. The first-order valence-corrected chi connectivity index (χ1v) is 3.99. The molecular weight excluding hydrogens is 179 g/mol. The maximum atomic E-state index is 12.9. The minimum absolute atomic E-state index is 0.171. The molecule has 0 fully saturated rings. The van der Waals surface area contributed by atoms with Crippen molar-refractivity contribution >= 4 is 0 Å². The number of hydrogen-bond acceptors (Lipinski definition) is 1. The number of nitrogens with two attached hydrogens (primary N) is 1. The fraction of sp³-hybridized carbons (Fsp3) is 0.333. The van der Waals surface area contributed by atoms with E-state index in [-0.39, 0.29) is 5.56 Å². The van der Waals surface area contributed by atoms with E-state index >= 15 is 0 Å². The SMILES string of the molecule is NCCCc1ccc(F)c(F)c1F. The van der Waals surface area contributed by atoms with E-state index in [0.717, 1.165) is 6.07 Å². The third-order valence-electron chi connectivity index (χ3n) is 1.77. The summed E-state index contributed by atoms with van der Waals surface area (Å²) in [6, 6.07) is 2.16. The van der Waals surface area contributed by atoms with Gasteiger partial charge in [0.05, 0.1) is 0 Å². The van der Waals surface area contributed by atoms with Gasteiger partial charge in [-0.2, -0.15) is 0 Å². The van der Waals surface area contributed by atoms with Crippen LogP contribution in [0.4, 0.5) is 13.2 Å². The molecule has 0 bridgehead atoms. The summed E-state index contributed by atoms with van der Waals surface area (Å²) >= 11 is 0. The molecule has 0 saturated carbocycles. The van der Waals surface area contributed by atoms with Crippen molar-refractivity contribution < 1.29 is 13.2 Å². The standard InChI is InChI=1S/C9H10F3N/c10-7-4-3-6(2-1-5-13)8(11)9(7)12/h3-4H,1-2,5,13H2. The summed E-state index contributed by atoms with van der Waals surface area (Å²) in [6.07, 6.45) is 0.890. The van der Waals surface area contributed by atoms with Gasteiger partial charge in [0, 0.05) is 0 Å². The van der Waals surface area contributed by atoms with E-state index in [2.05, 4.69) is 0 Å². The average molecular weight is 189 g/mol. The predicted octanol–water partition coefficient (Wildman–Crippen LogP) is 2.00. The molecule has 0 radical (unpaired) electrons. The van der Waals surface area contributed by atoms with Gasteiger partial charge in [0.25, 0.3) is 0 Å². The molecule has 0 heterocycles. The Balaban J connectivity index is 2.90. The summed E-state index contributed by atoms with van der Waals surface area (Å²) in [4.78, 5) is 0. The highest BCUT2D eigenvalue weighted by Gasteiger charge is 2.12. The predicted molar refractivity (Wildman–Crippen MR) is 43.7 cm³/mol. The van der Waals surface area contributed by atoms with Gasteiger partial charge in [0.15, 0.2) is 17.5 Å². The molecule has 0 aliphatic rings. The molecule has 1 nitrogen and oxygen atoms in total. The Kier molecular flexibility index (Phi) is 3.31. The van der Waals surface area contributed by atoms with Gasteiger partial charge in [-0.05, 0) is 31.0 Å². The number of rotatable bonds is 3. The van der Waals surface area contributed by atoms with Crippen LogP contribution in [0.1, 0.15) is 12.0 Å². The second-order valence-corrected chi connectivity index (χ2v) is 2.73. The van der Waals surface area contributed by atoms with Crippen LogP contribution in [0.25, 0.3) is 0 Å². The molecule has 0 atom stereocenters. The van der Waals surface area contributed by atoms with E-state index in [9.17, 15) is 13.2 Å². The Bertz CT molecular complexity index is 299. The molecule has 0 saturated heterocycles. The summed E-state index contributed by atoms with van der Waals surface area (Å²) in [5.41, 5.74) is 5.37. The molecule has 0 amide bonds. The number of halogens is 3. The summed E-state index contributed by atoms with van der Waals surface area (Å²) in [7, 11) is 0. The van der Waals surface area contributed by atoms with Gasteiger partial charge >= 0.3 is 0 Å². The maximum Gasteiger partial charge on any atom is 0.194 e. The number of hydrogen-bond donors (Lipinski definition) is 1. The maximum absolute atomic E-state index is 12.9. The molecule has 0 spiro atoms. The zero-order valence-corrected chi connectivity index (χ0v) is 6.99. The molecule has 1 aromatic carbocycles. The molecule has 0 aliphatic heterocycles. The van der Waals surface area contributed by atoms with Crippen molar-refractivity contribution in [2.45, 2.75) is 12.8 Å². The number of aryl methyl sites for hydroxylation is 1. The van der Waals surface area contributed by atoms with Crippen molar-refractivity contribution in [3.05, 3.63) is 35.1 Å². The molecular formula is C9H10F3N. The van der Waals surface area contributed by atoms with Crippen LogP contribution in [0.15, 0.2) is 12.1 Å². The van der Waals surface area contributed by atoms with Crippen molar-refractivity contribution in [1.82, 2.24) is 0 Å². The molecule has 13 heavy (non-hydrogen) atoms. The van der Waals surface area contributed by atoms with E-state index < -0.39 is 17.5 Å². The van der Waals surface area contributed by atoms with Gasteiger partial charge in [-0.3, -0.25) is 0 Å². The highest BCUT2D eigenvalue weighted by atomic mass is 19.2. The topological polar surface area (TPSA) is 26.0 Å². The van der Waals surface area contributed by atoms with Crippen LogP contribution >= 0.6 is 0 Å². The van der Waals surface area contributed by atoms with E-state index in [1.54, 1.807) is 0 Å². The Hall–Kier alpha value is -1.03. The quantitative estimate of drug-likeness (QED) is 0.723. The first kappa shape index (κ1) is 10.1. The molecule has 2 N–H and O–H groups in total.